The molecule has 1 amide bonds. The summed E-state index contributed by atoms with van der Waals surface area (Å²) < 4.78 is 7.78. The standard InChI is InChI=1S/C29H48N4O2/c1-9-13-14-15-16-17-22(10-2)24-19-28(6,7)33-26(30-24)25(21(5)31-33)27(34)32-20-23(35-8)18-29(32,11-3)12-4/h10,14-15,23-24,30H,9,11-13,16-20H2,1-8H3/b15-14-,22-10+/t23?,24-/m1/s1. The lowest BCUT2D eigenvalue weighted by molar-refractivity contribution is 0.0563. The molecule has 35 heavy (non-hydrogen) atoms. The van der Waals surface area contributed by atoms with E-state index in [0.29, 0.717) is 6.54 Å². The number of fused-ring (bicyclic) bond motifs is 1. The first-order valence-electron chi connectivity index (χ1n) is 13.7. The van der Waals surface area contributed by atoms with Crippen molar-refractivity contribution in [1.29, 1.82) is 0 Å². The molecule has 1 aromatic heterocycles. The van der Waals surface area contributed by atoms with Gasteiger partial charge in [-0.1, -0.05) is 51.0 Å². The zero-order valence-corrected chi connectivity index (χ0v) is 23.4. The zero-order valence-electron chi connectivity index (χ0n) is 23.4. The molecule has 1 saturated heterocycles. The van der Waals surface area contributed by atoms with Crippen molar-refractivity contribution in [2.45, 2.75) is 123 Å². The number of anilines is 1. The minimum Gasteiger partial charge on any atom is -0.380 e. The number of carbonyl (C=O) groups is 1. The number of nitrogens with zero attached hydrogens (tertiary/aromatic N) is 3. The molecule has 2 aliphatic heterocycles. The molecule has 6 nitrogen and oxygen atoms in total. The number of carbonyl (C=O) groups excluding carboxylic acids is 1. The number of hydrogen-bond donors (Lipinski definition) is 1. The molecular formula is C29H48N4O2. The van der Waals surface area contributed by atoms with Crippen molar-refractivity contribution in [3.63, 3.8) is 0 Å². The van der Waals surface area contributed by atoms with E-state index in [1.54, 1.807) is 7.11 Å². The van der Waals surface area contributed by atoms with Gasteiger partial charge in [0.25, 0.3) is 5.91 Å². The number of unbranched alkanes of at least 4 members (excludes halogenated alkanes) is 1. The van der Waals surface area contributed by atoms with Gasteiger partial charge in [0.2, 0.25) is 0 Å². The van der Waals surface area contributed by atoms with Crippen LogP contribution >= 0.6 is 0 Å². The fourth-order valence-corrected chi connectivity index (χ4v) is 6.06. The molecule has 0 saturated carbocycles. The second kappa shape index (κ2) is 11.3. The van der Waals surface area contributed by atoms with Crippen LogP contribution in [0.4, 0.5) is 5.82 Å². The molecule has 1 fully saturated rings. The maximum Gasteiger partial charge on any atom is 0.260 e. The second-order valence-corrected chi connectivity index (χ2v) is 11.0. The highest BCUT2D eigenvalue weighted by atomic mass is 16.5. The summed E-state index contributed by atoms with van der Waals surface area (Å²) in [7, 11) is 1.76. The summed E-state index contributed by atoms with van der Waals surface area (Å²) >= 11 is 0. The molecule has 6 heteroatoms. The van der Waals surface area contributed by atoms with Gasteiger partial charge in [0.15, 0.2) is 0 Å². The molecule has 0 aliphatic carbocycles. The summed E-state index contributed by atoms with van der Waals surface area (Å²) in [5.41, 5.74) is 2.58. The van der Waals surface area contributed by atoms with Crippen LogP contribution in [0.2, 0.25) is 0 Å². The number of amides is 1. The van der Waals surface area contributed by atoms with Crippen LogP contribution in [0.3, 0.4) is 0 Å². The van der Waals surface area contributed by atoms with Crippen molar-refractivity contribution in [3.05, 3.63) is 35.1 Å². The Bertz CT molecular complexity index is 939. The third-order valence-corrected chi connectivity index (χ3v) is 8.36. The Morgan fingerprint density at radius 2 is 1.86 bits per heavy atom. The lowest BCUT2D eigenvalue weighted by Crippen LogP contribution is -2.47. The predicted octanol–water partition coefficient (Wildman–Crippen LogP) is 6.61. The number of aromatic nitrogens is 2. The van der Waals surface area contributed by atoms with Gasteiger partial charge in [0.1, 0.15) is 11.4 Å². The van der Waals surface area contributed by atoms with Crippen LogP contribution in [0.15, 0.2) is 23.8 Å². The maximum atomic E-state index is 14.2. The van der Waals surface area contributed by atoms with Gasteiger partial charge in [-0.15, -0.1) is 0 Å². The van der Waals surface area contributed by atoms with Gasteiger partial charge in [-0.25, -0.2) is 4.68 Å². The molecule has 1 aromatic rings. The number of aryl methyl sites for hydroxylation is 1. The van der Waals surface area contributed by atoms with Crippen LogP contribution in [0.5, 0.6) is 0 Å². The van der Waals surface area contributed by atoms with Crippen molar-refractivity contribution >= 4 is 11.7 Å². The highest BCUT2D eigenvalue weighted by molar-refractivity contribution is 6.01. The Hall–Kier alpha value is -2.08. The average molecular weight is 485 g/mol. The van der Waals surface area contributed by atoms with Crippen LogP contribution in [0, 0.1) is 6.92 Å². The van der Waals surface area contributed by atoms with Crippen LogP contribution in [0.25, 0.3) is 0 Å². The topological polar surface area (TPSA) is 59.4 Å². The fraction of sp³-hybridized carbons (Fsp3) is 0.724. The van der Waals surface area contributed by atoms with E-state index in [4.69, 9.17) is 9.84 Å². The van der Waals surface area contributed by atoms with Gasteiger partial charge in [-0.2, -0.15) is 5.10 Å². The maximum absolute atomic E-state index is 14.2. The predicted molar refractivity (Wildman–Crippen MR) is 145 cm³/mol. The number of methoxy groups -OCH3 is 1. The van der Waals surface area contributed by atoms with Crippen LogP contribution in [-0.4, -0.2) is 51.9 Å². The number of allylic oxidation sites excluding steroid dienone is 3. The van der Waals surface area contributed by atoms with Gasteiger partial charge in [-0.05, 0) is 72.6 Å². The molecule has 3 heterocycles. The zero-order chi connectivity index (χ0) is 25.8. The Morgan fingerprint density at radius 3 is 2.46 bits per heavy atom. The SMILES string of the molecule is C/C=C(\CC/C=C\CCC)[C@H]1CC(C)(C)n2nc(C)c(C(=O)N3CC(OC)CC3(CC)CC)c2N1. The summed E-state index contributed by atoms with van der Waals surface area (Å²) in [5, 5.41) is 8.66. The Balaban J connectivity index is 1.93. The Kier molecular flexibility index (Phi) is 8.90. The number of rotatable bonds is 10. The summed E-state index contributed by atoms with van der Waals surface area (Å²) in [6, 6.07) is 0.192. The minimum atomic E-state index is -0.187. The van der Waals surface area contributed by atoms with E-state index in [0.717, 1.165) is 62.0 Å². The molecule has 2 aliphatic rings. The molecule has 1 N–H and O–H groups in total. The minimum absolute atomic E-state index is 0.0816. The quantitative estimate of drug-likeness (QED) is 0.379. The molecule has 0 radical (unpaired) electrons. The Labute approximate surface area is 213 Å². The van der Waals surface area contributed by atoms with Gasteiger partial charge in [0, 0.05) is 19.2 Å². The van der Waals surface area contributed by atoms with E-state index in [2.05, 4.69) is 74.7 Å². The van der Waals surface area contributed by atoms with Crippen LogP contribution in [-0.2, 0) is 10.3 Å². The lowest BCUT2D eigenvalue weighted by Gasteiger charge is -2.40. The normalized spacial score (nSPS) is 23.5. The molecule has 0 aromatic carbocycles. The first kappa shape index (κ1) is 27.5. The van der Waals surface area contributed by atoms with E-state index in [9.17, 15) is 4.79 Å². The van der Waals surface area contributed by atoms with Crippen LogP contribution in [0.1, 0.15) is 109 Å². The molecule has 0 spiro atoms. The van der Waals surface area contributed by atoms with Crippen molar-refractivity contribution in [3.8, 4) is 0 Å². The number of ether oxygens (including phenoxy) is 1. The van der Waals surface area contributed by atoms with Crippen LogP contribution < -0.4 is 5.32 Å². The molecule has 1 unspecified atom stereocenters. The summed E-state index contributed by atoms with van der Waals surface area (Å²) in [5.74, 6) is 0.956. The van der Waals surface area contributed by atoms with E-state index in [-0.39, 0.29) is 29.1 Å². The van der Waals surface area contributed by atoms with Gasteiger partial charge >= 0.3 is 0 Å². The smallest absolute Gasteiger partial charge is 0.260 e. The van der Waals surface area contributed by atoms with Gasteiger partial charge in [-0.3, -0.25) is 4.79 Å². The van der Waals surface area contributed by atoms with Gasteiger partial charge in [0.05, 0.1) is 23.4 Å². The van der Waals surface area contributed by atoms with E-state index < -0.39 is 0 Å². The average Bonchev–Trinajstić information content (AvgIpc) is 3.39. The molecule has 3 rings (SSSR count). The number of nitrogens with one attached hydrogen (secondary N) is 1. The van der Waals surface area contributed by atoms with Crippen molar-refractivity contribution in [2.24, 2.45) is 0 Å². The van der Waals surface area contributed by atoms with E-state index in [1.165, 1.54) is 12.0 Å². The summed E-state index contributed by atoms with van der Waals surface area (Å²) in [6.07, 6.45) is 15.0. The van der Waals surface area contributed by atoms with Gasteiger partial charge < -0.3 is 15.0 Å². The van der Waals surface area contributed by atoms with E-state index >= 15 is 0 Å². The molecule has 0 bridgehead atoms. The summed E-state index contributed by atoms with van der Waals surface area (Å²) in [6.45, 7) is 15.8. The molecular weight excluding hydrogens is 436 g/mol. The second-order valence-electron chi connectivity index (χ2n) is 11.0. The highest BCUT2D eigenvalue weighted by Crippen LogP contribution is 2.42. The van der Waals surface area contributed by atoms with Crippen molar-refractivity contribution in [2.75, 3.05) is 19.0 Å². The highest BCUT2D eigenvalue weighted by Gasteiger charge is 2.48. The number of likely N-dealkylation sites (tertiary alicyclic amines) is 1. The Morgan fingerprint density at radius 1 is 1.17 bits per heavy atom. The third kappa shape index (κ3) is 5.37. The van der Waals surface area contributed by atoms with Crippen molar-refractivity contribution in [1.82, 2.24) is 14.7 Å². The third-order valence-electron chi connectivity index (χ3n) is 8.36. The summed E-state index contributed by atoms with van der Waals surface area (Å²) in [4.78, 5) is 16.3. The monoisotopic (exact) mass is 484 g/mol. The largest absolute Gasteiger partial charge is 0.380 e. The molecule has 196 valence electrons. The number of hydrogen-bond acceptors (Lipinski definition) is 4. The molecule has 2 atom stereocenters. The fourth-order valence-electron chi connectivity index (χ4n) is 6.06. The van der Waals surface area contributed by atoms with Crippen molar-refractivity contribution < 1.29 is 9.53 Å². The first-order chi connectivity index (χ1) is 16.7. The first-order valence-corrected chi connectivity index (χ1v) is 13.7. The van der Waals surface area contributed by atoms with E-state index in [1.807, 2.05) is 6.92 Å². The lowest BCUT2D eigenvalue weighted by atomic mass is 9.86.